The summed E-state index contributed by atoms with van der Waals surface area (Å²) >= 11 is 0. The standard InChI is InChI=1S/C8H9F3O/c9-8(10,11)6-12-7-4-2-1-3-5-7/h2,4-5H,1,3,6H2. The SMILES string of the molecule is FC(F)(F)COC1=CCCC=C1. The lowest BCUT2D eigenvalue weighted by Gasteiger charge is -2.11. The first-order valence-electron chi connectivity index (χ1n) is 3.64. The van der Waals surface area contributed by atoms with Crippen molar-refractivity contribution in [3.8, 4) is 0 Å². The number of rotatable bonds is 2. The molecule has 0 bridgehead atoms. The van der Waals surface area contributed by atoms with Gasteiger partial charge in [0.2, 0.25) is 0 Å². The van der Waals surface area contributed by atoms with Crippen molar-refractivity contribution in [2.24, 2.45) is 0 Å². The highest BCUT2D eigenvalue weighted by Gasteiger charge is 2.28. The first kappa shape index (κ1) is 9.16. The second-order valence-electron chi connectivity index (χ2n) is 2.49. The minimum absolute atomic E-state index is 0.318. The fourth-order valence-electron chi connectivity index (χ4n) is 0.862. The van der Waals surface area contributed by atoms with E-state index >= 15 is 0 Å². The summed E-state index contributed by atoms with van der Waals surface area (Å²) in [6.45, 7) is -1.21. The molecule has 0 spiro atoms. The lowest BCUT2D eigenvalue weighted by molar-refractivity contribution is -0.163. The molecule has 0 saturated carbocycles. The Morgan fingerprint density at radius 3 is 2.58 bits per heavy atom. The molecule has 0 fully saturated rings. The molecule has 1 rings (SSSR count). The molecule has 0 aromatic rings. The lowest BCUT2D eigenvalue weighted by Crippen LogP contribution is -2.16. The van der Waals surface area contributed by atoms with Crippen molar-refractivity contribution in [3.63, 3.8) is 0 Å². The Bertz CT molecular complexity index is 203. The Kier molecular flexibility index (Phi) is 2.78. The van der Waals surface area contributed by atoms with Gasteiger partial charge in [0.15, 0.2) is 6.61 Å². The molecule has 1 nitrogen and oxygen atoms in total. The number of ether oxygens (including phenoxy) is 1. The predicted molar refractivity (Wildman–Crippen MR) is 38.5 cm³/mol. The zero-order valence-electron chi connectivity index (χ0n) is 6.40. The molecular weight excluding hydrogens is 169 g/mol. The van der Waals surface area contributed by atoms with E-state index in [-0.39, 0.29) is 0 Å². The molecule has 4 heteroatoms. The topological polar surface area (TPSA) is 9.23 Å². The number of hydrogen-bond donors (Lipinski definition) is 0. The summed E-state index contributed by atoms with van der Waals surface area (Å²) in [6.07, 6.45) is 2.40. The molecule has 0 heterocycles. The van der Waals surface area contributed by atoms with Crippen molar-refractivity contribution < 1.29 is 17.9 Å². The third-order valence-electron chi connectivity index (χ3n) is 1.36. The van der Waals surface area contributed by atoms with Gasteiger partial charge in [-0.3, -0.25) is 0 Å². The third-order valence-corrected chi connectivity index (χ3v) is 1.36. The minimum Gasteiger partial charge on any atom is -0.484 e. The van der Waals surface area contributed by atoms with Gasteiger partial charge in [-0.2, -0.15) is 13.2 Å². The van der Waals surface area contributed by atoms with Crippen LogP contribution in [0.25, 0.3) is 0 Å². The van der Waals surface area contributed by atoms with Gasteiger partial charge in [-0.15, -0.1) is 0 Å². The van der Waals surface area contributed by atoms with Crippen LogP contribution in [0.1, 0.15) is 12.8 Å². The third kappa shape index (κ3) is 3.46. The van der Waals surface area contributed by atoms with E-state index in [1.54, 1.807) is 18.2 Å². The molecule has 0 amide bonds. The minimum atomic E-state index is -4.24. The van der Waals surface area contributed by atoms with Gasteiger partial charge in [0.05, 0.1) is 0 Å². The molecule has 12 heavy (non-hydrogen) atoms. The number of alkyl halides is 3. The van der Waals surface area contributed by atoms with Crippen molar-refractivity contribution in [2.75, 3.05) is 6.61 Å². The highest BCUT2D eigenvalue weighted by molar-refractivity contribution is 5.15. The molecule has 0 aromatic heterocycles. The van der Waals surface area contributed by atoms with E-state index in [1.165, 1.54) is 0 Å². The van der Waals surface area contributed by atoms with E-state index in [2.05, 4.69) is 4.74 Å². The zero-order chi connectivity index (χ0) is 9.03. The van der Waals surface area contributed by atoms with Crippen LogP contribution in [0.4, 0.5) is 13.2 Å². The number of hydrogen-bond acceptors (Lipinski definition) is 1. The second-order valence-corrected chi connectivity index (χ2v) is 2.49. The van der Waals surface area contributed by atoms with Crippen molar-refractivity contribution in [1.82, 2.24) is 0 Å². The molecular formula is C8H9F3O. The maximum Gasteiger partial charge on any atom is 0.422 e. The summed E-state index contributed by atoms with van der Waals surface area (Å²) in [4.78, 5) is 0. The Balaban J connectivity index is 2.32. The van der Waals surface area contributed by atoms with E-state index < -0.39 is 12.8 Å². The molecule has 1 aliphatic carbocycles. The summed E-state index contributed by atoms with van der Waals surface area (Å²) in [7, 11) is 0. The van der Waals surface area contributed by atoms with Crippen LogP contribution in [-0.2, 0) is 4.74 Å². The van der Waals surface area contributed by atoms with Gasteiger partial charge < -0.3 is 4.74 Å². The van der Waals surface area contributed by atoms with Crippen LogP contribution in [0.5, 0.6) is 0 Å². The molecule has 0 N–H and O–H groups in total. The normalized spacial score (nSPS) is 17.4. The Labute approximate surface area is 68.5 Å². The number of allylic oxidation sites excluding steroid dienone is 3. The Morgan fingerprint density at radius 2 is 2.08 bits per heavy atom. The molecule has 68 valence electrons. The van der Waals surface area contributed by atoms with Crippen molar-refractivity contribution in [2.45, 2.75) is 19.0 Å². The zero-order valence-corrected chi connectivity index (χ0v) is 6.40. The van der Waals surface area contributed by atoms with Gasteiger partial charge >= 0.3 is 6.18 Å². The van der Waals surface area contributed by atoms with Crippen LogP contribution in [0.3, 0.4) is 0 Å². The van der Waals surface area contributed by atoms with E-state index in [4.69, 9.17) is 0 Å². The first-order valence-corrected chi connectivity index (χ1v) is 3.64. The highest BCUT2D eigenvalue weighted by atomic mass is 19.4. The van der Waals surface area contributed by atoms with E-state index in [0.29, 0.717) is 5.76 Å². The summed E-state index contributed by atoms with van der Waals surface area (Å²) in [5.41, 5.74) is 0. The van der Waals surface area contributed by atoms with E-state index in [1.807, 2.05) is 0 Å². The molecule has 0 atom stereocenters. The van der Waals surface area contributed by atoms with Crippen LogP contribution < -0.4 is 0 Å². The second kappa shape index (κ2) is 3.65. The average Bonchev–Trinajstić information content (AvgIpc) is 2.02. The van der Waals surface area contributed by atoms with Crippen molar-refractivity contribution >= 4 is 0 Å². The quantitative estimate of drug-likeness (QED) is 0.631. The van der Waals surface area contributed by atoms with E-state index in [9.17, 15) is 13.2 Å². The van der Waals surface area contributed by atoms with Crippen LogP contribution in [0.15, 0.2) is 24.0 Å². The van der Waals surface area contributed by atoms with Crippen LogP contribution in [0, 0.1) is 0 Å². The average molecular weight is 178 g/mol. The smallest absolute Gasteiger partial charge is 0.422 e. The molecule has 0 aliphatic heterocycles. The first-order chi connectivity index (χ1) is 5.58. The molecule has 0 radical (unpaired) electrons. The Hall–Kier alpha value is -0.930. The van der Waals surface area contributed by atoms with Crippen LogP contribution >= 0.6 is 0 Å². The van der Waals surface area contributed by atoms with Gasteiger partial charge in [-0.25, -0.2) is 0 Å². The van der Waals surface area contributed by atoms with Crippen molar-refractivity contribution in [1.29, 1.82) is 0 Å². The summed E-state index contributed by atoms with van der Waals surface area (Å²) in [5.74, 6) is 0.318. The summed E-state index contributed by atoms with van der Waals surface area (Å²) in [5, 5.41) is 0. The van der Waals surface area contributed by atoms with E-state index in [0.717, 1.165) is 12.8 Å². The molecule has 0 saturated heterocycles. The predicted octanol–water partition coefficient (Wildman–Crippen LogP) is 2.80. The lowest BCUT2D eigenvalue weighted by atomic mass is 10.2. The van der Waals surface area contributed by atoms with Crippen LogP contribution in [0.2, 0.25) is 0 Å². The van der Waals surface area contributed by atoms with Gasteiger partial charge in [-0.1, -0.05) is 6.08 Å². The van der Waals surface area contributed by atoms with Gasteiger partial charge in [0, 0.05) is 0 Å². The van der Waals surface area contributed by atoms with Crippen molar-refractivity contribution in [3.05, 3.63) is 24.0 Å². The fraction of sp³-hybridized carbons (Fsp3) is 0.500. The van der Waals surface area contributed by atoms with Crippen LogP contribution in [-0.4, -0.2) is 12.8 Å². The largest absolute Gasteiger partial charge is 0.484 e. The maximum atomic E-state index is 11.6. The monoisotopic (exact) mass is 178 g/mol. The maximum absolute atomic E-state index is 11.6. The summed E-state index contributed by atoms with van der Waals surface area (Å²) in [6, 6.07) is 0. The summed E-state index contributed by atoms with van der Waals surface area (Å²) < 4.78 is 39.4. The van der Waals surface area contributed by atoms with Gasteiger partial charge in [0.25, 0.3) is 0 Å². The number of halogens is 3. The molecule has 0 unspecified atom stereocenters. The van der Waals surface area contributed by atoms with Gasteiger partial charge in [-0.05, 0) is 25.0 Å². The molecule has 1 aliphatic rings. The van der Waals surface area contributed by atoms with Gasteiger partial charge in [0.1, 0.15) is 5.76 Å². The highest BCUT2D eigenvalue weighted by Crippen LogP contribution is 2.18. The Morgan fingerprint density at radius 1 is 1.33 bits per heavy atom. The molecule has 0 aromatic carbocycles. The fourth-order valence-corrected chi connectivity index (χ4v) is 0.862.